The van der Waals surface area contributed by atoms with Gasteiger partial charge >= 0.3 is 5.97 Å². The molecule has 0 radical (unpaired) electrons. The van der Waals surface area contributed by atoms with Crippen molar-refractivity contribution >= 4 is 17.3 Å². The molecule has 0 spiro atoms. The lowest BCUT2D eigenvalue weighted by atomic mass is 9.95. The molecule has 0 amide bonds. The smallest absolute Gasteiger partial charge is 0.338 e. The lowest BCUT2D eigenvalue weighted by molar-refractivity contribution is -0.138. The minimum Gasteiger partial charge on any atom is -0.462 e. The van der Waals surface area contributed by atoms with Crippen LogP contribution in [0.25, 0.3) is 0 Å². The summed E-state index contributed by atoms with van der Waals surface area (Å²) in [5, 5.41) is 2.03. The minimum atomic E-state index is -0.320. The SMILES string of the molecule is C=CN1C(=C)C=C(C(=O)OCCC)C(C)=C1C(CC)OCc1cccs1. The molecule has 1 atom stereocenters. The topological polar surface area (TPSA) is 38.8 Å². The number of ether oxygens (including phenoxy) is 2. The third-order valence-corrected chi connectivity index (χ3v) is 5.04. The summed E-state index contributed by atoms with van der Waals surface area (Å²) >= 11 is 1.67. The fourth-order valence-electron chi connectivity index (χ4n) is 2.88. The average Bonchev–Trinajstić information content (AvgIpc) is 3.16. The van der Waals surface area contributed by atoms with Gasteiger partial charge in [0.25, 0.3) is 0 Å². The molecule has 2 rings (SSSR count). The molecule has 0 aliphatic carbocycles. The van der Waals surface area contributed by atoms with E-state index in [9.17, 15) is 4.79 Å². The second-order valence-electron chi connectivity index (χ2n) is 6.04. The molecule has 1 aliphatic heterocycles. The maximum atomic E-state index is 12.5. The minimum absolute atomic E-state index is 0.172. The van der Waals surface area contributed by atoms with E-state index in [0.717, 1.165) is 24.1 Å². The van der Waals surface area contributed by atoms with Gasteiger partial charge in [-0.05, 0) is 42.9 Å². The summed E-state index contributed by atoms with van der Waals surface area (Å²) in [5.74, 6) is -0.320. The zero-order chi connectivity index (χ0) is 19.1. The van der Waals surface area contributed by atoms with Crippen LogP contribution in [0.5, 0.6) is 0 Å². The Labute approximate surface area is 160 Å². The van der Waals surface area contributed by atoms with Crippen LogP contribution in [0.15, 0.2) is 65.5 Å². The molecule has 0 saturated carbocycles. The predicted molar refractivity (Wildman–Crippen MR) is 106 cm³/mol. The summed E-state index contributed by atoms with van der Waals surface area (Å²) in [7, 11) is 0. The van der Waals surface area contributed by atoms with Gasteiger partial charge in [0.1, 0.15) is 0 Å². The molecule has 1 aromatic rings. The number of carbonyl (C=O) groups is 1. The standard InChI is InChI=1S/C21H27NO3S/c1-6-11-24-21(23)18-13-15(4)22(8-3)20(16(18)5)19(7-2)25-14-17-10-9-12-26-17/h8-10,12-13,19H,3-4,6-7,11,14H2,1-2,5H3. The van der Waals surface area contributed by atoms with Gasteiger partial charge in [-0.25, -0.2) is 4.79 Å². The summed E-state index contributed by atoms with van der Waals surface area (Å²) < 4.78 is 11.5. The van der Waals surface area contributed by atoms with Crippen molar-refractivity contribution in [3.05, 3.63) is 70.4 Å². The molecule has 0 aromatic carbocycles. The van der Waals surface area contributed by atoms with E-state index in [4.69, 9.17) is 9.47 Å². The van der Waals surface area contributed by atoms with Gasteiger partial charge in [0.2, 0.25) is 0 Å². The zero-order valence-electron chi connectivity index (χ0n) is 15.8. The summed E-state index contributed by atoms with van der Waals surface area (Å²) in [4.78, 5) is 15.5. The van der Waals surface area contributed by atoms with Crippen molar-refractivity contribution in [2.45, 2.75) is 46.3 Å². The number of esters is 1. The highest BCUT2D eigenvalue weighted by molar-refractivity contribution is 7.09. The van der Waals surface area contributed by atoms with Crippen LogP contribution in [0.4, 0.5) is 0 Å². The van der Waals surface area contributed by atoms with E-state index in [1.165, 1.54) is 4.88 Å². The number of thiophene rings is 1. The predicted octanol–water partition coefficient (Wildman–Crippen LogP) is 5.17. The van der Waals surface area contributed by atoms with E-state index < -0.39 is 0 Å². The number of allylic oxidation sites excluding steroid dienone is 1. The highest BCUT2D eigenvalue weighted by Crippen LogP contribution is 2.33. The van der Waals surface area contributed by atoms with Crippen LogP contribution in [-0.4, -0.2) is 23.6 Å². The Morgan fingerprint density at radius 2 is 2.19 bits per heavy atom. The Morgan fingerprint density at radius 3 is 2.77 bits per heavy atom. The second kappa shape index (κ2) is 9.55. The van der Waals surface area contributed by atoms with Gasteiger partial charge in [-0.3, -0.25) is 0 Å². The van der Waals surface area contributed by atoms with Crippen molar-refractivity contribution in [1.29, 1.82) is 0 Å². The summed E-state index contributed by atoms with van der Waals surface area (Å²) in [6, 6.07) is 4.06. The largest absolute Gasteiger partial charge is 0.462 e. The van der Waals surface area contributed by atoms with Crippen molar-refractivity contribution in [3.63, 3.8) is 0 Å². The van der Waals surface area contributed by atoms with E-state index >= 15 is 0 Å². The zero-order valence-corrected chi connectivity index (χ0v) is 16.6. The van der Waals surface area contributed by atoms with E-state index in [0.29, 0.717) is 24.5 Å². The Morgan fingerprint density at radius 1 is 1.42 bits per heavy atom. The van der Waals surface area contributed by atoms with Crippen LogP contribution in [0.2, 0.25) is 0 Å². The number of hydrogen-bond acceptors (Lipinski definition) is 5. The molecule has 0 bridgehead atoms. The summed E-state index contributed by atoms with van der Waals surface area (Å²) in [6.07, 6.45) is 4.85. The van der Waals surface area contributed by atoms with Gasteiger partial charge in [-0.1, -0.05) is 33.1 Å². The van der Waals surface area contributed by atoms with Crippen LogP contribution >= 0.6 is 11.3 Å². The first-order valence-corrected chi connectivity index (χ1v) is 9.76. The van der Waals surface area contributed by atoms with Crippen molar-refractivity contribution in [2.24, 2.45) is 0 Å². The van der Waals surface area contributed by atoms with Gasteiger partial charge in [0.05, 0.1) is 30.6 Å². The molecule has 1 unspecified atom stereocenters. The van der Waals surface area contributed by atoms with Gasteiger partial charge in [0, 0.05) is 16.8 Å². The van der Waals surface area contributed by atoms with Crippen LogP contribution in [0, 0.1) is 0 Å². The number of nitrogens with zero attached hydrogens (tertiary/aromatic N) is 1. The average molecular weight is 374 g/mol. The summed E-state index contributed by atoms with van der Waals surface area (Å²) in [5.41, 5.74) is 2.96. The fraction of sp³-hybridized carbons (Fsp3) is 0.381. The molecule has 1 aromatic heterocycles. The van der Waals surface area contributed by atoms with E-state index in [2.05, 4.69) is 26.1 Å². The normalized spacial score (nSPS) is 15.7. The molecule has 0 saturated heterocycles. The van der Waals surface area contributed by atoms with Crippen LogP contribution < -0.4 is 0 Å². The van der Waals surface area contributed by atoms with Gasteiger partial charge < -0.3 is 14.4 Å². The quantitative estimate of drug-likeness (QED) is 0.560. The molecule has 2 heterocycles. The van der Waals surface area contributed by atoms with Crippen molar-refractivity contribution in [1.82, 2.24) is 4.90 Å². The fourth-order valence-corrected chi connectivity index (χ4v) is 3.51. The Bertz CT molecular complexity index is 716. The molecular formula is C21H27NO3S. The third kappa shape index (κ3) is 4.54. The summed E-state index contributed by atoms with van der Waals surface area (Å²) in [6.45, 7) is 14.9. The lowest BCUT2D eigenvalue weighted by Crippen LogP contribution is -2.31. The number of rotatable bonds is 9. The van der Waals surface area contributed by atoms with E-state index in [1.807, 2.05) is 30.2 Å². The number of hydrogen-bond donors (Lipinski definition) is 0. The Hall–Kier alpha value is -2.11. The van der Waals surface area contributed by atoms with Crippen LogP contribution in [0.3, 0.4) is 0 Å². The van der Waals surface area contributed by atoms with Gasteiger partial charge in [0.15, 0.2) is 0 Å². The molecule has 4 nitrogen and oxygen atoms in total. The monoisotopic (exact) mass is 373 g/mol. The first-order chi connectivity index (χ1) is 12.5. The Kier molecular flexibility index (Phi) is 7.42. The van der Waals surface area contributed by atoms with Crippen LogP contribution in [0.1, 0.15) is 38.5 Å². The molecular weight excluding hydrogens is 346 g/mol. The second-order valence-corrected chi connectivity index (χ2v) is 7.07. The first-order valence-electron chi connectivity index (χ1n) is 8.88. The first kappa shape index (κ1) is 20.2. The highest BCUT2D eigenvalue weighted by atomic mass is 32.1. The van der Waals surface area contributed by atoms with E-state index in [-0.39, 0.29) is 12.1 Å². The van der Waals surface area contributed by atoms with Crippen molar-refractivity contribution in [3.8, 4) is 0 Å². The van der Waals surface area contributed by atoms with Crippen molar-refractivity contribution < 1.29 is 14.3 Å². The molecule has 140 valence electrons. The van der Waals surface area contributed by atoms with Gasteiger partial charge in [-0.2, -0.15) is 0 Å². The maximum Gasteiger partial charge on any atom is 0.338 e. The third-order valence-electron chi connectivity index (χ3n) is 4.19. The molecule has 0 fully saturated rings. The van der Waals surface area contributed by atoms with E-state index in [1.54, 1.807) is 23.6 Å². The van der Waals surface area contributed by atoms with Crippen LogP contribution in [-0.2, 0) is 20.9 Å². The lowest BCUT2D eigenvalue weighted by Gasteiger charge is -2.35. The number of carbonyl (C=O) groups excluding carboxylic acids is 1. The maximum absolute atomic E-state index is 12.5. The molecule has 1 aliphatic rings. The highest BCUT2D eigenvalue weighted by Gasteiger charge is 2.30. The molecule has 5 heteroatoms. The molecule has 26 heavy (non-hydrogen) atoms. The molecule has 0 N–H and O–H groups in total. The van der Waals surface area contributed by atoms with Crippen molar-refractivity contribution in [2.75, 3.05) is 6.61 Å². The Balaban J connectivity index is 2.31. The van der Waals surface area contributed by atoms with Gasteiger partial charge in [-0.15, -0.1) is 11.3 Å².